The van der Waals surface area contributed by atoms with Crippen LogP contribution in [0.2, 0.25) is 0 Å². The largest absolute Gasteiger partial charge is 0.467 e. The monoisotopic (exact) mass is 293 g/mol. The molecule has 1 aliphatic rings. The van der Waals surface area contributed by atoms with E-state index in [4.69, 9.17) is 9.15 Å². The second-order valence-corrected chi connectivity index (χ2v) is 8.20. The maximum atomic E-state index is 6.01. The smallest absolute Gasteiger partial charge is 0.129 e. The number of ether oxygens (including phenoxy) is 1. The van der Waals surface area contributed by atoms with Crippen LogP contribution >= 0.6 is 0 Å². The molecule has 0 amide bonds. The Morgan fingerprint density at radius 2 is 1.95 bits per heavy atom. The predicted octanol–water partition coefficient (Wildman–Crippen LogP) is 4.65. The molecule has 1 N–H and O–H groups in total. The van der Waals surface area contributed by atoms with E-state index >= 15 is 0 Å². The Bertz CT molecular complexity index is 432. The normalized spacial score (nSPS) is 19.9. The molecule has 0 saturated heterocycles. The average molecular weight is 293 g/mol. The summed E-state index contributed by atoms with van der Waals surface area (Å²) < 4.78 is 11.6. The summed E-state index contributed by atoms with van der Waals surface area (Å²) in [5.74, 6) is 0.936. The highest BCUT2D eigenvalue weighted by molar-refractivity contribution is 5.12. The quantitative estimate of drug-likeness (QED) is 0.858. The number of hydrogen-bond donors (Lipinski definition) is 1. The fourth-order valence-electron chi connectivity index (χ4n) is 2.70. The molecule has 1 fully saturated rings. The minimum atomic E-state index is 0.128. The molecular weight excluding hydrogens is 262 g/mol. The molecule has 0 spiro atoms. The second-order valence-electron chi connectivity index (χ2n) is 8.20. The molecule has 1 aliphatic carbocycles. The Kier molecular flexibility index (Phi) is 5.15. The van der Waals surface area contributed by atoms with Crippen molar-refractivity contribution in [3.63, 3.8) is 0 Å². The SMILES string of the molecule is CC1(C)CCC(OCc2cc(CNC(C)(C)C)co2)CC1. The number of hydrogen-bond acceptors (Lipinski definition) is 3. The first-order chi connectivity index (χ1) is 9.73. The highest BCUT2D eigenvalue weighted by Gasteiger charge is 2.27. The molecular formula is C18H31NO2. The lowest BCUT2D eigenvalue weighted by molar-refractivity contribution is -0.0120. The summed E-state index contributed by atoms with van der Waals surface area (Å²) in [6.07, 6.45) is 7.10. The summed E-state index contributed by atoms with van der Waals surface area (Å²) in [5.41, 5.74) is 1.81. The van der Waals surface area contributed by atoms with Crippen LogP contribution in [0.1, 0.15) is 71.6 Å². The van der Waals surface area contributed by atoms with Crippen LogP contribution in [0.4, 0.5) is 0 Å². The van der Waals surface area contributed by atoms with Crippen molar-refractivity contribution in [3.05, 3.63) is 23.7 Å². The van der Waals surface area contributed by atoms with E-state index in [1.165, 1.54) is 31.2 Å². The molecule has 2 rings (SSSR count). The molecule has 0 unspecified atom stereocenters. The fraction of sp³-hybridized carbons (Fsp3) is 0.778. The van der Waals surface area contributed by atoms with Gasteiger partial charge >= 0.3 is 0 Å². The Balaban J connectivity index is 1.73. The first kappa shape index (κ1) is 16.6. The molecule has 120 valence electrons. The van der Waals surface area contributed by atoms with Gasteiger partial charge in [0.25, 0.3) is 0 Å². The highest BCUT2D eigenvalue weighted by atomic mass is 16.5. The van der Waals surface area contributed by atoms with Crippen molar-refractivity contribution >= 4 is 0 Å². The lowest BCUT2D eigenvalue weighted by Gasteiger charge is -2.33. The second kappa shape index (κ2) is 6.53. The van der Waals surface area contributed by atoms with E-state index < -0.39 is 0 Å². The number of rotatable bonds is 5. The molecule has 1 aromatic heterocycles. The van der Waals surface area contributed by atoms with E-state index in [1.807, 2.05) is 6.26 Å². The molecule has 3 heteroatoms. The number of furan rings is 1. The van der Waals surface area contributed by atoms with Crippen LogP contribution in [-0.4, -0.2) is 11.6 Å². The standard InChI is InChI=1S/C18H31NO2/c1-17(2,3)19-11-14-10-16(20-12-14)13-21-15-6-8-18(4,5)9-7-15/h10,12,15,19H,6-9,11,13H2,1-5H3. The van der Waals surface area contributed by atoms with Gasteiger partial charge in [0.2, 0.25) is 0 Å². The summed E-state index contributed by atoms with van der Waals surface area (Å²) in [6, 6.07) is 2.10. The summed E-state index contributed by atoms with van der Waals surface area (Å²) in [5, 5.41) is 3.47. The first-order valence-corrected chi connectivity index (χ1v) is 8.16. The van der Waals surface area contributed by atoms with Gasteiger partial charge in [0, 0.05) is 17.6 Å². The molecule has 1 aromatic rings. The fourth-order valence-corrected chi connectivity index (χ4v) is 2.70. The van der Waals surface area contributed by atoms with E-state index in [9.17, 15) is 0 Å². The highest BCUT2D eigenvalue weighted by Crippen LogP contribution is 2.36. The molecule has 1 heterocycles. The average Bonchev–Trinajstić information content (AvgIpc) is 2.82. The number of nitrogens with one attached hydrogen (secondary N) is 1. The van der Waals surface area contributed by atoms with Crippen molar-refractivity contribution in [1.82, 2.24) is 5.32 Å². The summed E-state index contributed by atoms with van der Waals surface area (Å²) >= 11 is 0. The van der Waals surface area contributed by atoms with Gasteiger partial charge in [-0.1, -0.05) is 13.8 Å². The van der Waals surface area contributed by atoms with Crippen LogP contribution in [-0.2, 0) is 17.9 Å². The molecule has 3 nitrogen and oxygen atoms in total. The van der Waals surface area contributed by atoms with Crippen molar-refractivity contribution in [2.45, 2.75) is 85.1 Å². The van der Waals surface area contributed by atoms with Crippen LogP contribution in [0, 0.1) is 5.41 Å². The summed E-state index contributed by atoms with van der Waals surface area (Å²) in [7, 11) is 0. The van der Waals surface area contributed by atoms with Crippen LogP contribution in [0.25, 0.3) is 0 Å². The van der Waals surface area contributed by atoms with Crippen molar-refractivity contribution in [1.29, 1.82) is 0 Å². The summed E-state index contributed by atoms with van der Waals surface area (Å²) in [4.78, 5) is 0. The first-order valence-electron chi connectivity index (χ1n) is 8.16. The Labute approximate surface area is 129 Å². The lowest BCUT2D eigenvalue weighted by Crippen LogP contribution is -2.34. The van der Waals surface area contributed by atoms with Crippen molar-refractivity contribution < 1.29 is 9.15 Å². The third kappa shape index (κ3) is 5.84. The summed E-state index contributed by atoms with van der Waals surface area (Å²) in [6.45, 7) is 12.6. The van der Waals surface area contributed by atoms with E-state index in [0.717, 1.165) is 12.3 Å². The zero-order valence-corrected chi connectivity index (χ0v) is 14.3. The van der Waals surface area contributed by atoms with E-state index in [2.05, 4.69) is 46.0 Å². The van der Waals surface area contributed by atoms with Gasteiger partial charge in [-0.05, 0) is 57.9 Å². The Hall–Kier alpha value is -0.800. The Morgan fingerprint density at radius 3 is 2.57 bits per heavy atom. The van der Waals surface area contributed by atoms with E-state index in [-0.39, 0.29) is 5.54 Å². The van der Waals surface area contributed by atoms with E-state index in [1.54, 1.807) is 0 Å². The maximum absolute atomic E-state index is 6.01. The van der Waals surface area contributed by atoms with Gasteiger partial charge in [-0.3, -0.25) is 0 Å². The van der Waals surface area contributed by atoms with Gasteiger partial charge in [0.1, 0.15) is 12.4 Å². The van der Waals surface area contributed by atoms with Crippen molar-refractivity contribution in [3.8, 4) is 0 Å². The van der Waals surface area contributed by atoms with Gasteiger partial charge in [0.05, 0.1) is 12.4 Å². The molecule has 0 bridgehead atoms. The third-order valence-electron chi connectivity index (χ3n) is 4.28. The van der Waals surface area contributed by atoms with Crippen LogP contribution in [0.5, 0.6) is 0 Å². The van der Waals surface area contributed by atoms with Crippen molar-refractivity contribution in [2.75, 3.05) is 0 Å². The minimum absolute atomic E-state index is 0.128. The minimum Gasteiger partial charge on any atom is -0.467 e. The topological polar surface area (TPSA) is 34.4 Å². The molecule has 21 heavy (non-hydrogen) atoms. The zero-order chi connectivity index (χ0) is 15.5. The predicted molar refractivity (Wildman–Crippen MR) is 86.1 cm³/mol. The van der Waals surface area contributed by atoms with Gasteiger partial charge in [-0.15, -0.1) is 0 Å². The lowest BCUT2D eigenvalue weighted by atomic mass is 9.76. The molecule has 1 saturated carbocycles. The third-order valence-corrected chi connectivity index (χ3v) is 4.28. The molecule has 0 radical (unpaired) electrons. The van der Waals surface area contributed by atoms with Crippen LogP contribution < -0.4 is 5.32 Å². The van der Waals surface area contributed by atoms with Gasteiger partial charge in [0.15, 0.2) is 0 Å². The molecule has 0 aromatic carbocycles. The van der Waals surface area contributed by atoms with Gasteiger partial charge in [-0.2, -0.15) is 0 Å². The zero-order valence-electron chi connectivity index (χ0n) is 14.3. The van der Waals surface area contributed by atoms with Gasteiger partial charge < -0.3 is 14.5 Å². The molecule has 0 atom stereocenters. The van der Waals surface area contributed by atoms with Crippen LogP contribution in [0.15, 0.2) is 16.7 Å². The van der Waals surface area contributed by atoms with E-state index in [0.29, 0.717) is 18.1 Å². The Morgan fingerprint density at radius 1 is 1.29 bits per heavy atom. The molecule has 0 aliphatic heterocycles. The maximum Gasteiger partial charge on any atom is 0.129 e. The van der Waals surface area contributed by atoms with Crippen LogP contribution in [0.3, 0.4) is 0 Å². The van der Waals surface area contributed by atoms with Gasteiger partial charge in [-0.25, -0.2) is 0 Å². The van der Waals surface area contributed by atoms with Crippen molar-refractivity contribution in [2.24, 2.45) is 5.41 Å².